The number of hydrogen-bond acceptors (Lipinski definition) is 4. The molecule has 0 bridgehead atoms. The van der Waals surface area contributed by atoms with Crippen molar-refractivity contribution in [1.82, 2.24) is 0 Å². The van der Waals surface area contributed by atoms with Crippen molar-refractivity contribution < 1.29 is 51.0 Å². The second-order valence-corrected chi connectivity index (χ2v) is 32.9. The number of alkyl halides is 8. The standard InChI is InChI=1S/2C31H27NP2S.4CH2Cl2.2BF4.Ni/c2*1-35-31-24-22-26(23-25-31)32(33(27-14-6-2-7-15-27)28-16-8-3-9-17-28)34(29-18-10-4-11-19-29)30-20-12-5-13-21-30;4*2-1-3;2*2-1(3,4)5;/h2*2-25H,1H3;4*1H2;;;/q;;;;;;2*-1;+2/p+4. The second-order valence-electron chi connectivity index (χ2n) is 17.8. The summed E-state index contributed by atoms with van der Waals surface area (Å²) in [6.07, 6.45) is 4.28. The monoisotopic (exact) mass is 1590 g/mol. The van der Waals surface area contributed by atoms with E-state index in [1.165, 1.54) is 63.6 Å². The van der Waals surface area contributed by atoms with Crippen molar-refractivity contribution in [3.63, 3.8) is 0 Å². The van der Waals surface area contributed by atoms with E-state index in [4.69, 9.17) is 92.8 Å². The number of rotatable bonds is 16. The zero-order chi connectivity index (χ0) is 67.6. The van der Waals surface area contributed by atoms with Gasteiger partial charge in [-0.05, 0) is 158 Å². The summed E-state index contributed by atoms with van der Waals surface area (Å²) in [5.74, 6) is 0. The Kier molecular flexibility index (Phi) is 46.1. The molecule has 0 aliphatic carbocycles. The first-order valence-corrected chi connectivity index (χ1v) is 39.9. The summed E-state index contributed by atoms with van der Waals surface area (Å²) in [6, 6.07) is 107. The summed E-state index contributed by atoms with van der Waals surface area (Å²) in [5, 5.41) is 11.9. The Morgan fingerprint density at radius 2 is 0.376 bits per heavy atom. The molecule has 0 aromatic heterocycles. The van der Waals surface area contributed by atoms with Gasteiger partial charge >= 0.3 is 31.0 Å². The zero-order valence-corrected chi connectivity index (χ0v) is 62.4. The molecule has 93 heavy (non-hydrogen) atoms. The van der Waals surface area contributed by atoms with E-state index in [0.29, 0.717) is 0 Å². The average molecular weight is 1590 g/mol. The number of anilines is 2. The van der Waals surface area contributed by atoms with E-state index in [9.17, 15) is 34.5 Å². The topological polar surface area (TPSA) is 6.48 Å². The fraction of sp³-hybridized carbons (Fsp3) is 0.0909. The van der Waals surface area contributed by atoms with Crippen LogP contribution in [0.25, 0.3) is 0 Å². The molecule has 0 saturated heterocycles. The van der Waals surface area contributed by atoms with E-state index in [-0.39, 0.29) is 37.8 Å². The van der Waals surface area contributed by atoms with E-state index in [2.05, 4.69) is 313 Å². The number of hydrogen-bond donors (Lipinski definition) is 0. The largest absolute Gasteiger partial charge is 2.00 e. The molecule has 0 aliphatic rings. The Balaban J connectivity index is 0.000000478. The molecule has 10 aromatic carbocycles. The predicted octanol–water partition coefficient (Wildman–Crippen LogP) is 21.8. The van der Waals surface area contributed by atoms with Crippen LogP contribution >= 0.6 is 149 Å². The SMILES string of the molecule is CSc1ccc(N([PH+](c2ccccc2)c2ccccc2)[PH+](c2ccccc2)c2ccccc2)cc1.CSc1ccc(N([PH+](c2ccccc2)c2ccccc2)[PH+](c2ccccc2)c2ccccc2)cc1.ClCCl.ClCCl.ClCCl.ClCCl.F[B-](F)(F)F.F[B-](F)(F)F.[Ni+2]. The van der Waals surface area contributed by atoms with Gasteiger partial charge < -0.3 is 34.5 Å². The molecule has 0 heterocycles. The molecular formula is C66H66B2Cl8F8N2NiP4S2+4. The Hall–Kier alpha value is -3.40. The molecule has 0 amide bonds. The van der Waals surface area contributed by atoms with Gasteiger partial charge in [0.2, 0.25) is 0 Å². The molecule has 0 radical (unpaired) electrons. The average Bonchev–Trinajstić information content (AvgIpc) is 0.798. The van der Waals surface area contributed by atoms with Gasteiger partial charge in [-0.15, -0.1) is 125 Å². The van der Waals surface area contributed by atoms with Gasteiger partial charge in [0.25, 0.3) is 0 Å². The van der Waals surface area contributed by atoms with E-state index in [1.54, 1.807) is 23.5 Å². The van der Waals surface area contributed by atoms with Crippen molar-refractivity contribution in [1.29, 1.82) is 0 Å². The van der Waals surface area contributed by atoms with E-state index in [1.807, 2.05) is 0 Å². The minimum absolute atomic E-state index is 0. The van der Waals surface area contributed by atoms with Gasteiger partial charge in [0.1, 0.15) is 53.8 Å². The third-order valence-electron chi connectivity index (χ3n) is 11.9. The minimum Gasteiger partial charge on any atom is -0.418 e. The fourth-order valence-corrected chi connectivity index (χ4v) is 23.5. The van der Waals surface area contributed by atoms with Crippen LogP contribution in [0, 0.1) is 0 Å². The molecule has 496 valence electrons. The molecule has 27 heteroatoms. The minimum atomic E-state index is -6.00. The quantitative estimate of drug-likeness (QED) is 0.0313. The molecule has 0 saturated carbocycles. The normalized spacial score (nSPS) is 10.4. The van der Waals surface area contributed by atoms with Gasteiger partial charge in [0.15, 0.2) is 32.3 Å². The molecule has 0 N–H and O–H groups in total. The third-order valence-corrected chi connectivity index (χ3v) is 26.0. The van der Waals surface area contributed by atoms with Gasteiger partial charge in [-0.25, -0.2) is 0 Å². The van der Waals surface area contributed by atoms with Crippen LogP contribution in [0.4, 0.5) is 45.9 Å². The molecule has 0 spiro atoms. The van der Waals surface area contributed by atoms with Crippen LogP contribution in [0.2, 0.25) is 0 Å². The summed E-state index contributed by atoms with van der Waals surface area (Å²) < 4.78 is 83.6. The molecule has 10 rings (SSSR count). The molecular weight excluding hydrogens is 1520 g/mol. The Bertz CT molecular complexity index is 2860. The van der Waals surface area contributed by atoms with Gasteiger partial charge in [-0.3, -0.25) is 0 Å². The first-order chi connectivity index (χ1) is 44.4. The predicted molar refractivity (Wildman–Crippen MR) is 410 cm³/mol. The van der Waals surface area contributed by atoms with E-state index in [0.717, 1.165) is 0 Å². The van der Waals surface area contributed by atoms with Crippen molar-refractivity contribution >= 4 is 217 Å². The van der Waals surface area contributed by atoms with Crippen molar-refractivity contribution in [3.05, 3.63) is 291 Å². The van der Waals surface area contributed by atoms with Crippen molar-refractivity contribution in [2.45, 2.75) is 9.79 Å². The van der Waals surface area contributed by atoms with Crippen LogP contribution in [0.5, 0.6) is 0 Å². The van der Waals surface area contributed by atoms with Gasteiger partial charge in [-0.1, -0.05) is 146 Å². The van der Waals surface area contributed by atoms with Crippen LogP contribution in [-0.4, -0.2) is 48.4 Å². The van der Waals surface area contributed by atoms with Gasteiger partial charge in [-0.2, -0.15) is 0 Å². The number of thioether (sulfide) groups is 2. The molecule has 10 aromatic rings. The summed E-state index contributed by atoms with van der Waals surface area (Å²) in [7, 11) is -17.3. The Morgan fingerprint density at radius 1 is 0.258 bits per heavy atom. The number of benzene rings is 10. The Morgan fingerprint density at radius 3 is 0.484 bits per heavy atom. The number of nitrogens with zero attached hydrogens (tertiary/aromatic N) is 2. The molecule has 0 atom stereocenters. The number of halogens is 16. The van der Waals surface area contributed by atoms with E-state index < -0.39 is 46.8 Å². The zero-order valence-electron chi connectivity index (χ0n) is 49.8. The van der Waals surface area contributed by atoms with Crippen LogP contribution < -0.4 is 51.3 Å². The molecule has 2 nitrogen and oxygen atoms in total. The van der Waals surface area contributed by atoms with Crippen LogP contribution in [0.15, 0.2) is 301 Å². The van der Waals surface area contributed by atoms with Crippen molar-refractivity contribution in [2.75, 3.05) is 42.8 Å². The molecule has 0 fully saturated rings. The van der Waals surface area contributed by atoms with Crippen LogP contribution in [0.1, 0.15) is 0 Å². The summed E-state index contributed by atoms with van der Waals surface area (Å²) in [5.41, 5.74) is 2.57. The van der Waals surface area contributed by atoms with Crippen LogP contribution in [-0.2, 0) is 16.5 Å². The Labute approximate surface area is 606 Å². The van der Waals surface area contributed by atoms with Gasteiger partial charge in [0.05, 0.1) is 21.4 Å². The fourth-order valence-electron chi connectivity index (χ4n) is 8.67. The maximum absolute atomic E-state index is 9.75. The first-order valence-electron chi connectivity index (χ1n) is 27.4. The first kappa shape index (κ1) is 85.7. The van der Waals surface area contributed by atoms with Crippen LogP contribution in [0.3, 0.4) is 0 Å². The smallest absolute Gasteiger partial charge is 0.418 e. The molecule has 0 unspecified atom stereocenters. The molecule has 0 aliphatic heterocycles. The summed E-state index contributed by atoms with van der Waals surface area (Å²) >= 11 is 41.7. The van der Waals surface area contributed by atoms with Gasteiger partial charge in [0, 0.05) is 9.79 Å². The van der Waals surface area contributed by atoms with Crippen molar-refractivity contribution in [2.24, 2.45) is 0 Å². The maximum atomic E-state index is 9.75. The maximum Gasteiger partial charge on any atom is 2.00 e. The van der Waals surface area contributed by atoms with Crippen molar-refractivity contribution in [3.8, 4) is 0 Å². The third kappa shape index (κ3) is 33.6. The summed E-state index contributed by atoms with van der Waals surface area (Å²) in [6.45, 7) is 0. The second kappa shape index (κ2) is 50.0. The summed E-state index contributed by atoms with van der Waals surface area (Å²) in [4.78, 5) is 2.57. The van der Waals surface area contributed by atoms with E-state index >= 15 is 0 Å².